The molecule has 1 amide bonds. The van der Waals surface area contributed by atoms with E-state index in [1.54, 1.807) is 12.1 Å². The van der Waals surface area contributed by atoms with Crippen LogP contribution in [0.3, 0.4) is 0 Å². The first kappa shape index (κ1) is 13.4. The van der Waals surface area contributed by atoms with Gasteiger partial charge in [-0.15, -0.1) is 0 Å². The summed E-state index contributed by atoms with van der Waals surface area (Å²) in [5.74, 6) is -1.08. The van der Waals surface area contributed by atoms with Crippen molar-refractivity contribution in [1.82, 2.24) is 0 Å². The molecular formula is C11H8Cl2N2O2. The SMILES string of the molecule is CC(O)=C(C#N)C(=O)Nc1ccc(Cl)cc1Cl. The summed E-state index contributed by atoms with van der Waals surface area (Å²) in [7, 11) is 0. The molecule has 0 aromatic heterocycles. The highest BCUT2D eigenvalue weighted by Gasteiger charge is 2.14. The molecular weight excluding hydrogens is 263 g/mol. The predicted molar refractivity (Wildman–Crippen MR) is 66.0 cm³/mol. The Hall–Kier alpha value is -1.70. The maximum atomic E-state index is 11.6. The van der Waals surface area contributed by atoms with Gasteiger partial charge in [-0.05, 0) is 25.1 Å². The van der Waals surface area contributed by atoms with Gasteiger partial charge in [0.05, 0.1) is 10.7 Å². The van der Waals surface area contributed by atoms with Crippen LogP contribution in [0.15, 0.2) is 29.5 Å². The Balaban J connectivity index is 2.97. The van der Waals surface area contributed by atoms with E-state index >= 15 is 0 Å². The number of rotatable bonds is 2. The van der Waals surface area contributed by atoms with Gasteiger partial charge in [-0.25, -0.2) is 0 Å². The minimum Gasteiger partial charge on any atom is -0.511 e. The van der Waals surface area contributed by atoms with Crippen LogP contribution in [0.2, 0.25) is 10.0 Å². The molecule has 0 aliphatic heterocycles. The van der Waals surface area contributed by atoms with Crippen LogP contribution >= 0.6 is 23.2 Å². The van der Waals surface area contributed by atoms with Crippen molar-refractivity contribution in [2.45, 2.75) is 6.92 Å². The number of aliphatic hydroxyl groups is 1. The van der Waals surface area contributed by atoms with Crippen molar-refractivity contribution in [1.29, 1.82) is 5.26 Å². The summed E-state index contributed by atoms with van der Waals surface area (Å²) in [5.41, 5.74) is -0.0499. The molecule has 0 saturated heterocycles. The van der Waals surface area contributed by atoms with Crippen molar-refractivity contribution in [2.75, 3.05) is 5.32 Å². The molecule has 0 radical (unpaired) electrons. The number of carbonyl (C=O) groups excluding carboxylic acids is 1. The van der Waals surface area contributed by atoms with Gasteiger partial charge >= 0.3 is 0 Å². The number of nitrogens with zero attached hydrogens (tertiary/aromatic N) is 1. The fraction of sp³-hybridized carbons (Fsp3) is 0.0909. The van der Waals surface area contributed by atoms with Gasteiger partial charge in [0.15, 0.2) is 5.57 Å². The fourth-order valence-corrected chi connectivity index (χ4v) is 1.53. The predicted octanol–water partition coefficient (Wildman–Crippen LogP) is 3.29. The average molecular weight is 271 g/mol. The number of benzene rings is 1. The number of nitrogens with one attached hydrogen (secondary N) is 1. The van der Waals surface area contributed by atoms with Crippen LogP contribution in [0.5, 0.6) is 0 Å². The van der Waals surface area contributed by atoms with Crippen LogP contribution in [-0.4, -0.2) is 11.0 Å². The van der Waals surface area contributed by atoms with Crippen LogP contribution in [0.4, 0.5) is 5.69 Å². The number of allylic oxidation sites excluding steroid dienone is 1. The van der Waals surface area contributed by atoms with E-state index in [1.807, 2.05) is 0 Å². The van der Waals surface area contributed by atoms with E-state index in [2.05, 4.69) is 5.32 Å². The highest BCUT2D eigenvalue weighted by Crippen LogP contribution is 2.25. The molecule has 0 aliphatic rings. The number of amides is 1. The third-order valence-electron chi connectivity index (χ3n) is 1.88. The summed E-state index contributed by atoms with van der Waals surface area (Å²) < 4.78 is 0. The van der Waals surface area contributed by atoms with E-state index in [4.69, 9.17) is 33.6 Å². The number of hydrogen-bond acceptors (Lipinski definition) is 3. The van der Waals surface area contributed by atoms with E-state index in [0.29, 0.717) is 10.7 Å². The summed E-state index contributed by atoms with van der Waals surface area (Å²) in [4.78, 5) is 11.6. The first-order valence-corrected chi connectivity index (χ1v) is 5.27. The molecule has 0 bridgehead atoms. The standard InChI is InChI=1S/C11H8Cl2N2O2/c1-6(16)8(5-14)11(17)15-10-3-2-7(12)4-9(10)13/h2-4,16H,1H3,(H,15,17). The monoisotopic (exact) mass is 270 g/mol. The molecule has 0 heterocycles. The first-order valence-electron chi connectivity index (χ1n) is 4.52. The summed E-state index contributed by atoms with van der Waals surface area (Å²) in [6, 6.07) is 6.11. The Morgan fingerprint density at radius 3 is 2.59 bits per heavy atom. The van der Waals surface area contributed by atoms with Gasteiger partial charge in [0, 0.05) is 5.02 Å². The topological polar surface area (TPSA) is 73.1 Å². The minimum absolute atomic E-state index is 0.249. The molecule has 2 N–H and O–H groups in total. The summed E-state index contributed by atoms with van der Waals surface area (Å²) in [6.07, 6.45) is 0. The van der Waals surface area contributed by atoms with Crippen molar-refractivity contribution in [3.63, 3.8) is 0 Å². The van der Waals surface area contributed by atoms with E-state index in [0.717, 1.165) is 0 Å². The largest absolute Gasteiger partial charge is 0.511 e. The second-order valence-electron chi connectivity index (χ2n) is 3.15. The molecule has 0 spiro atoms. The van der Waals surface area contributed by atoms with Crippen LogP contribution < -0.4 is 5.32 Å². The van der Waals surface area contributed by atoms with Gasteiger partial charge in [0.25, 0.3) is 5.91 Å². The van der Waals surface area contributed by atoms with Gasteiger partial charge in [-0.1, -0.05) is 23.2 Å². The molecule has 0 fully saturated rings. The molecule has 0 aliphatic carbocycles. The Bertz CT molecular complexity index is 529. The Morgan fingerprint density at radius 2 is 2.12 bits per heavy atom. The molecule has 0 unspecified atom stereocenters. The zero-order chi connectivity index (χ0) is 13.0. The molecule has 1 rings (SSSR count). The maximum absolute atomic E-state index is 11.6. The van der Waals surface area contributed by atoms with Crippen LogP contribution in [-0.2, 0) is 4.79 Å². The number of halogens is 2. The number of nitriles is 1. The number of hydrogen-bond donors (Lipinski definition) is 2. The third-order valence-corrected chi connectivity index (χ3v) is 2.43. The van der Waals surface area contributed by atoms with Crippen molar-refractivity contribution in [3.8, 4) is 6.07 Å². The molecule has 17 heavy (non-hydrogen) atoms. The smallest absolute Gasteiger partial charge is 0.269 e. The normalized spacial score (nSPS) is 11.4. The maximum Gasteiger partial charge on any atom is 0.269 e. The number of carbonyl (C=O) groups is 1. The zero-order valence-electron chi connectivity index (χ0n) is 8.79. The lowest BCUT2D eigenvalue weighted by molar-refractivity contribution is -0.112. The van der Waals surface area contributed by atoms with Gasteiger partial charge in [0.1, 0.15) is 11.8 Å². The molecule has 6 heteroatoms. The number of aliphatic hydroxyl groups excluding tert-OH is 1. The van der Waals surface area contributed by atoms with Gasteiger partial charge < -0.3 is 10.4 Å². The average Bonchev–Trinajstić information content (AvgIpc) is 2.22. The Morgan fingerprint density at radius 1 is 1.47 bits per heavy atom. The summed E-state index contributed by atoms with van der Waals surface area (Å²) in [6.45, 7) is 1.25. The van der Waals surface area contributed by atoms with Crippen LogP contribution in [0.25, 0.3) is 0 Å². The fourth-order valence-electron chi connectivity index (χ4n) is 1.07. The van der Waals surface area contributed by atoms with E-state index in [9.17, 15) is 4.79 Å². The van der Waals surface area contributed by atoms with Crippen LogP contribution in [0, 0.1) is 11.3 Å². The molecule has 88 valence electrons. The van der Waals surface area contributed by atoms with Gasteiger partial charge in [0.2, 0.25) is 0 Å². The molecule has 1 aromatic rings. The second kappa shape index (κ2) is 5.58. The van der Waals surface area contributed by atoms with E-state index in [-0.39, 0.29) is 16.4 Å². The number of anilines is 1. The quantitative estimate of drug-likeness (QED) is 0.492. The highest BCUT2D eigenvalue weighted by molar-refractivity contribution is 6.36. The van der Waals surface area contributed by atoms with Gasteiger partial charge in [-0.2, -0.15) is 5.26 Å². The van der Waals surface area contributed by atoms with E-state index in [1.165, 1.54) is 19.1 Å². The van der Waals surface area contributed by atoms with Crippen LogP contribution in [0.1, 0.15) is 6.92 Å². The lowest BCUT2D eigenvalue weighted by Gasteiger charge is -2.06. The Labute approximate surface area is 108 Å². The summed E-state index contributed by atoms with van der Waals surface area (Å²) in [5, 5.41) is 20.9. The second-order valence-corrected chi connectivity index (χ2v) is 3.99. The lowest BCUT2D eigenvalue weighted by atomic mass is 10.2. The van der Waals surface area contributed by atoms with Crippen molar-refractivity contribution in [2.24, 2.45) is 0 Å². The van der Waals surface area contributed by atoms with E-state index < -0.39 is 5.91 Å². The highest BCUT2D eigenvalue weighted by atomic mass is 35.5. The van der Waals surface area contributed by atoms with Crippen molar-refractivity contribution >= 4 is 34.8 Å². The minimum atomic E-state index is -0.725. The molecule has 1 aromatic carbocycles. The molecule has 0 atom stereocenters. The van der Waals surface area contributed by atoms with Gasteiger partial charge in [-0.3, -0.25) is 4.79 Å². The zero-order valence-corrected chi connectivity index (χ0v) is 10.3. The lowest BCUT2D eigenvalue weighted by Crippen LogP contribution is -2.15. The first-order chi connectivity index (χ1) is 7.95. The van der Waals surface area contributed by atoms with Crippen molar-refractivity contribution < 1.29 is 9.90 Å². The van der Waals surface area contributed by atoms with Crippen molar-refractivity contribution in [3.05, 3.63) is 39.6 Å². The summed E-state index contributed by atoms with van der Waals surface area (Å²) >= 11 is 11.5. The third kappa shape index (κ3) is 3.38. The Kier molecular flexibility index (Phi) is 4.38. The molecule has 0 saturated carbocycles. The molecule has 4 nitrogen and oxygen atoms in total.